The van der Waals surface area contributed by atoms with E-state index in [1.54, 1.807) is 22.7 Å². The van der Waals surface area contributed by atoms with Crippen LogP contribution in [0.2, 0.25) is 0 Å². The molecule has 2 aromatic rings. The summed E-state index contributed by atoms with van der Waals surface area (Å²) in [7, 11) is 0. The summed E-state index contributed by atoms with van der Waals surface area (Å²) in [5.41, 5.74) is 0. The average molecular weight is 314 g/mol. The van der Waals surface area contributed by atoms with Gasteiger partial charge in [0.05, 0.1) is 32.8 Å². The minimum Gasteiger partial charge on any atom is -0.491 e. The van der Waals surface area contributed by atoms with E-state index in [0.29, 0.717) is 0 Å². The van der Waals surface area contributed by atoms with Gasteiger partial charge < -0.3 is 9.47 Å². The van der Waals surface area contributed by atoms with Crippen LogP contribution >= 0.6 is 46.2 Å². The molecule has 0 bridgehead atoms. The van der Waals surface area contributed by atoms with Crippen LogP contribution in [0.3, 0.4) is 0 Å². The minimum absolute atomic E-state index is 0.828. The molecule has 0 aromatic carbocycles. The third kappa shape index (κ3) is 1.78. The highest BCUT2D eigenvalue weighted by atomic mass is 32.2. The summed E-state index contributed by atoms with van der Waals surface area (Å²) in [5.74, 6) is 4.23. The number of hydrogen-bond donors (Lipinski definition) is 0. The van der Waals surface area contributed by atoms with Crippen LogP contribution in [-0.4, -0.2) is 24.7 Å². The van der Waals surface area contributed by atoms with Gasteiger partial charge in [-0.3, -0.25) is 0 Å². The fourth-order valence-electron chi connectivity index (χ4n) is 2.04. The Labute approximate surface area is 122 Å². The first kappa shape index (κ1) is 11.5. The van der Waals surface area contributed by atoms with E-state index in [1.165, 1.54) is 19.5 Å². The molecule has 0 atom stereocenters. The summed E-state index contributed by atoms with van der Waals surface area (Å²) in [4.78, 5) is 5.36. The SMILES string of the molecule is c1sc(-c2scc3c2SCCO3)c2c1OCCS2. The van der Waals surface area contributed by atoms with E-state index < -0.39 is 0 Å². The molecule has 0 saturated carbocycles. The van der Waals surface area contributed by atoms with Crippen LogP contribution in [0, 0.1) is 0 Å². The van der Waals surface area contributed by atoms with Gasteiger partial charge >= 0.3 is 0 Å². The van der Waals surface area contributed by atoms with Gasteiger partial charge in [-0.1, -0.05) is 0 Å². The summed E-state index contributed by atoms with van der Waals surface area (Å²) in [6.45, 7) is 1.66. The van der Waals surface area contributed by atoms with Gasteiger partial charge in [0.2, 0.25) is 0 Å². The molecule has 0 fully saturated rings. The molecule has 0 saturated heterocycles. The molecule has 0 amide bonds. The Kier molecular flexibility index (Phi) is 2.99. The van der Waals surface area contributed by atoms with E-state index in [4.69, 9.17) is 9.47 Å². The van der Waals surface area contributed by atoms with Gasteiger partial charge in [-0.25, -0.2) is 0 Å². The van der Waals surface area contributed by atoms with Crippen LogP contribution in [0.15, 0.2) is 20.6 Å². The van der Waals surface area contributed by atoms with Gasteiger partial charge in [0, 0.05) is 22.3 Å². The molecule has 4 heterocycles. The largest absolute Gasteiger partial charge is 0.491 e. The maximum atomic E-state index is 5.70. The Morgan fingerprint density at radius 3 is 1.78 bits per heavy atom. The maximum Gasteiger partial charge on any atom is 0.144 e. The van der Waals surface area contributed by atoms with Crippen molar-refractivity contribution in [2.75, 3.05) is 24.7 Å². The summed E-state index contributed by atoms with van der Waals surface area (Å²) in [6.07, 6.45) is 0. The number of thioether (sulfide) groups is 2. The first-order valence-corrected chi connectivity index (χ1v) is 9.41. The molecular formula is C12H10O2S4. The first-order chi connectivity index (χ1) is 8.93. The highest BCUT2D eigenvalue weighted by Crippen LogP contribution is 2.53. The number of rotatable bonds is 1. The molecule has 94 valence electrons. The fourth-order valence-corrected chi connectivity index (χ4v) is 6.63. The number of ether oxygens (including phenoxy) is 2. The lowest BCUT2D eigenvalue weighted by atomic mass is 10.3. The second kappa shape index (κ2) is 4.67. The van der Waals surface area contributed by atoms with Crippen LogP contribution < -0.4 is 9.47 Å². The Morgan fingerprint density at radius 1 is 0.778 bits per heavy atom. The molecule has 2 aromatic heterocycles. The third-order valence-corrected chi connectivity index (χ3v) is 7.28. The van der Waals surface area contributed by atoms with Gasteiger partial charge in [-0.15, -0.1) is 46.2 Å². The predicted octanol–water partition coefficient (Wildman–Crippen LogP) is 4.45. The zero-order valence-corrected chi connectivity index (χ0v) is 12.7. The van der Waals surface area contributed by atoms with Gasteiger partial charge in [0.15, 0.2) is 0 Å². The van der Waals surface area contributed by atoms with Crippen LogP contribution in [0.5, 0.6) is 11.5 Å². The summed E-state index contributed by atoms with van der Waals surface area (Å²) in [6, 6.07) is 0. The van der Waals surface area contributed by atoms with Crippen molar-refractivity contribution in [3.05, 3.63) is 10.8 Å². The fraction of sp³-hybridized carbons (Fsp3) is 0.333. The van der Waals surface area contributed by atoms with Crippen molar-refractivity contribution in [2.24, 2.45) is 0 Å². The van der Waals surface area contributed by atoms with Crippen molar-refractivity contribution in [3.63, 3.8) is 0 Å². The zero-order chi connectivity index (χ0) is 11.9. The van der Waals surface area contributed by atoms with E-state index >= 15 is 0 Å². The molecule has 2 nitrogen and oxygen atoms in total. The molecule has 6 heteroatoms. The minimum atomic E-state index is 0.828. The standard InChI is InChI=1S/C12H10O2S4/c1-3-15-9-7(13-1)5-17-11(9)12-10-8(6-18-12)14-2-4-16-10/h5-6H,1-4H2. The number of fused-ring (bicyclic) bond motifs is 2. The van der Waals surface area contributed by atoms with E-state index in [2.05, 4.69) is 10.8 Å². The van der Waals surface area contributed by atoms with Gasteiger partial charge in [0.25, 0.3) is 0 Å². The highest BCUT2D eigenvalue weighted by molar-refractivity contribution is 8.00. The summed E-state index contributed by atoms with van der Waals surface area (Å²) in [5, 5.41) is 4.27. The monoisotopic (exact) mass is 314 g/mol. The Hall–Kier alpha value is -0.300. The molecule has 0 spiro atoms. The lowest BCUT2D eigenvalue weighted by Gasteiger charge is -2.16. The number of thiophene rings is 2. The van der Waals surface area contributed by atoms with Crippen molar-refractivity contribution in [3.8, 4) is 21.3 Å². The van der Waals surface area contributed by atoms with Crippen LogP contribution in [0.25, 0.3) is 9.75 Å². The molecule has 0 unspecified atom stereocenters. The predicted molar refractivity (Wildman–Crippen MR) is 80.1 cm³/mol. The van der Waals surface area contributed by atoms with Gasteiger partial charge in [0.1, 0.15) is 11.5 Å². The molecule has 4 rings (SSSR count). The first-order valence-electron chi connectivity index (χ1n) is 5.68. The molecular weight excluding hydrogens is 304 g/mol. The van der Waals surface area contributed by atoms with Crippen molar-refractivity contribution in [1.29, 1.82) is 0 Å². The Morgan fingerprint density at radius 2 is 1.28 bits per heavy atom. The highest BCUT2D eigenvalue weighted by Gasteiger charge is 2.25. The second-order valence-corrected chi connectivity index (χ2v) is 7.88. The molecule has 0 aliphatic carbocycles. The van der Waals surface area contributed by atoms with Crippen LogP contribution in [-0.2, 0) is 0 Å². The molecule has 2 aliphatic heterocycles. The summed E-state index contributed by atoms with van der Waals surface area (Å²) < 4.78 is 11.4. The molecule has 0 radical (unpaired) electrons. The van der Waals surface area contributed by atoms with E-state index in [-0.39, 0.29) is 0 Å². The normalized spacial score (nSPS) is 17.6. The van der Waals surface area contributed by atoms with Gasteiger partial charge in [-0.2, -0.15) is 0 Å². The quantitative estimate of drug-likeness (QED) is 0.774. The zero-order valence-electron chi connectivity index (χ0n) is 9.43. The summed E-state index contributed by atoms with van der Waals surface area (Å²) >= 11 is 7.41. The van der Waals surface area contributed by atoms with Crippen LogP contribution in [0.1, 0.15) is 0 Å². The smallest absolute Gasteiger partial charge is 0.144 e. The lowest BCUT2D eigenvalue weighted by molar-refractivity contribution is 0.331. The van der Waals surface area contributed by atoms with Crippen molar-refractivity contribution >= 4 is 46.2 Å². The van der Waals surface area contributed by atoms with Crippen molar-refractivity contribution in [2.45, 2.75) is 9.79 Å². The van der Waals surface area contributed by atoms with Gasteiger partial charge in [-0.05, 0) is 0 Å². The van der Waals surface area contributed by atoms with E-state index in [9.17, 15) is 0 Å². The van der Waals surface area contributed by atoms with E-state index in [0.717, 1.165) is 36.2 Å². The topological polar surface area (TPSA) is 18.5 Å². The lowest BCUT2D eigenvalue weighted by Crippen LogP contribution is -2.05. The Balaban J connectivity index is 1.83. The molecule has 2 aliphatic rings. The van der Waals surface area contributed by atoms with Crippen LogP contribution in [0.4, 0.5) is 0 Å². The molecule has 0 N–H and O–H groups in total. The third-order valence-electron chi connectivity index (χ3n) is 2.81. The maximum absolute atomic E-state index is 5.70. The Bertz CT molecular complexity index is 535. The second-order valence-electron chi connectivity index (χ2n) is 3.91. The van der Waals surface area contributed by atoms with Crippen molar-refractivity contribution < 1.29 is 9.47 Å². The van der Waals surface area contributed by atoms with E-state index in [1.807, 2.05) is 23.5 Å². The number of hydrogen-bond acceptors (Lipinski definition) is 6. The molecule has 18 heavy (non-hydrogen) atoms. The average Bonchev–Trinajstić information content (AvgIpc) is 3.01. The van der Waals surface area contributed by atoms with Crippen molar-refractivity contribution in [1.82, 2.24) is 0 Å².